The second-order valence-corrected chi connectivity index (χ2v) is 6.64. The average molecular weight is 283 g/mol. The number of ether oxygens (including phenoxy) is 1. The smallest absolute Gasteiger partial charge is 0.237 e. The van der Waals surface area contributed by atoms with Crippen LogP contribution < -0.4 is 10.6 Å². The van der Waals surface area contributed by atoms with Gasteiger partial charge in [-0.25, -0.2) is 0 Å². The average Bonchev–Trinajstić information content (AvgIpc) is 2.96. The van der Waals surface area contributed by atoms with Crippen molar-refractivity contribution >= 4 is 5.91 Å². The molecule has 2 aliphatic heterocycles. The van der Waals surface area contributed by atoms with Crippen LogP contribution in [-0.4, -0.2) is 62.3 Å². The molecule has 3 unspecified atom stereocenters. The Balaban J connectivity index is 1.88. The molecule has 2 heterocycles. The molecule has 20 heavy (non-hydrogen) atoms. The molecule has 2 fully saturated rings. The number of hydrogen-bond acceptors (Lipinski definition) is 4. The molecule has 0 saturated carbocycles. The molecule has 1 amide bonds. The quantitative estimate of drug-likeness (QED) is 0.695. The van der Waals surface area contributed by atoms with Crippen LogP contribution in [0.15, 0.2) is 0 Å². The molecule has 116 valence electrons. The zero-order chi connectivity index (χ0) is 14.8. The lowest BCUT2D eigenvalue weighted by Crippen LogP contribution is -2.54. The molecule has 5 heteroatoms. The Hall–Kier alpha value is -0.650. The molecule has 0 spiro atoms. The number of carbonyl (C=O) groups is 1. The van der Waals surface area contributed by atoms with Gasteiger partial charge in [0.05, 0.1) is 6.04 Å². The first kappa shape index (κ1) is 15.7. The molecule has 2 aliphatic rings. The number of carbonyl (C=O) groups excluding carboxylic acids is 1. The van der Waals surface area contributed by atoms with Crippen LogP contribution in [0.1, 0.15) is 27.2 Å². The van der Waals surface area contributed by atoms with Crippen LogP contribution in [0.3, 0.4) is 0 Å². The molecule has 2 saturated heterocycles. The Morgan fingerprint density at radius 2 is 2.25 bits per heavy atom. The zero-order valence-electron chi connectivity index (χ0n) is 13.2. The van der Waals surface area contributed by atoms with E-state index in [4.69, 9.17) is 4.74 Å². The molecule has 2 N–H and O–H groups in total. The van der Waals surface area contributed by atoms with Gasteiger partial charge < -0.3 is 15.4 Å². The summed E-state index contributed by atoms with van der Waals surface area (Å²) in [5.41, 5.74) is 0.0947. The number of rotatable bonds is 6. The fraction of sp³-hybridized carbons (Fsp3) is 0.933. The summed E-state index contributed by atoms with van der Waals surface area (Å²) in [6, 6.07) is -0.0573. The zero-order valence-corrected chi connectivity index (χ0v) is 13.2. The second kappa shape index (κ2) is 6.41. The van der Waals surface area contributed by atoms with Crippen molar-refractivity contribution in [1.29, 1.82) is 0 Å². The Morgan fingerprint density at radius 3 is 2.90 bits per heavy atom. The first-order valence-corrected chi connectivity index (χ1v) is 7.72. The topological polar surface area (TPSA) is 53.6 Å². The van der Waals surface area contributed by atoms with E-state index in [1.54, 1.807) is 7.11 Å². The van der Waals surface area contributed by atoms with Crippen molar-refractivity contribution in [2.24, 2.45) is 11.8 Å². The van der Waals surface area contributed by atoms with Crippen LogP contribution in [0.2, 0.25) is 0 Å². The molecule has 0 aromatic carbocycles. The van der Waals surface area contributed by atoms with Crippen molar-refractivity contribution in [2.75, 3.05) is 39.9 Å². The predicted octanol–water partition coefficient (Wildman–Crippen LogP) is 0.457. The summed E-state index contributed by atoms with van der Waals surface area (Å²) in [6.07, 6.45) is 0.869. The number of hydrogen-bond donors (Lipinski definition) is 2. The highest BCUT2D eigenvalue weighted by Crippen LogP contribution is 2.41. The van der Waals surface area contributed by atoms with E-state index < -0.39 is 0 Å². The van der Waals surface area contributed by atoms with E-state index in [-0.39, 0.29) is 17.5 Å². The maximum atomic E-state index is 12.3. The van der Waals surface area contributed by atoms with Crippen LogP contribution in [0.4, 0.5) is 0 Å². The molecular weight excluding hydrogens is 254 g/mol. The van der Waals surface area contributed by atoms with Gasteiger partial charge in [-0.1, -0.05) is 0 Å². The van der Waals surface area contributed by atoms with Crippen LogP contribution in [0.25, 0.3) is 0 Å². The van der Waals surface area contributed by atoms with Gasteiger partial charge in [0.1, 0.15) is 0 Å². The van der Waals surface area contributed by atoms with Crippen LogP contribution in [-0.2, 0) is 9.53 Å². The van der Waals surface area contributed by atoms with Crippen molar-refractivity contribution < 1.29 is 9.53 Å². The maximum absolute atomic E-state index is 12.3. The molecule has 2 rings (SSSR count). The van der Waals surface area contributed by atoms with E-state index in [0.29, 0.717) is 25.0 Å². The van der Waals surface area contributed by atoms with Gasteiger partial charge in [-0.05, 0) is 45.6 Å². The number of nitrogens with one attached hydrogen (secondary N) is 2. The fourth-order valence-electron chi connectivity index (χ4n) is 3.83. The molecule has 0 aromatic heterocycles. The van der Waals surface area contributed by atoms with E-state index in [2.05, 4.69) is 29.4 Å². The summed E-state index contributed by atoms with van der Waals surface area (Å²) in [6.45, 7) is 11.2. The third-order valence-electron chi connectivity index (χ3n) is 5.09. The minimum atomic E-state index is -0.0573. The third-order valence-corrected chi connectivity index (χ3v) is 5.09. The monoisotopic (exact) mass is 283 g/mol. The van der Waals surface area contributed by atoms with E-state index in [9.17, 15) is 4.79 Å². The van der Waals surface area contributed by atoms with Crippen LogP contribution in [0, 0.1) is 11.8 Å². The maximum Gasteiger partial charge on any atom is 0.237 e. The van der Waals surface area contributed by atoms with Crippen LogP contribution in [0.5, 0.6) is 0 Å². The standard InChI is InChI=1S/C15H29N3O2/c1-11(14(19)17-6-5-7-20-4)18-10-12-8-16-9-13(12)15(18,2)3/h11-13,16H,5-10H2,1-4H3,(H,17,19). The molecule has 3 atom stereocenters. The number of methoxy groups -OCH3 is 1. The third kappa shape index (κ3) is 3.00. The van der Waals surface area contributed by atoms with Gasteiger partial charge in [-0.2, -0.15) is 0 Å². The summed E-state index contributed by atoms with van der Waals surface area (Å²) in [5, 5.41) is 6.50. The van der Waals surface area contributed by atoms with Gasteiger partial charge >= 0.3 is 0 Å². The van der Waals surface area contributed by atoms with Crippen molar-refractivity contribution in [2.45, 2.75) is 38.8 Å². The summed E-state index contributed by atoms with van der Waals surface area (Å²) < 4.78 is 5.00. The van der Waals surface area contributed by atoms with Gasteiger partial charge in [0.15, 0.2) is 0 Å². The minimum absolute atomic E-state index is 0.0573. The van der Waals surface area contributed by atoms with Gasteiger partial charge in [0.25, 0.3) is 0 Å². The Bertz CT molecular complexity index is 346. The summed E-state index contributed by atoms with van der Waals surface area (Å²) in [4.78, 5) is 14.7. The first-order chi connectivity index (χ1) is 9.48. The second-order valence-electron chi connectivity index (χ2n) is 6.64. The highest BCUT2D eigenvalue weighted by Gasteiger charge is 2.51. The molecule has 0 aromatic rings. The highest BCUT2D eigenvalue weighted by atomic mass is 16.5. The Kier molecular flexibility index (Phi) is 5.04. The van der Waals surface area contributed by atoms with Gasteiger partial charge in [0.2, 0.25) is 5.91 Å². The van der Waals surface area contributed by atoms with Crippen LogP contribution >= 0.6 is 0 Å². The molecule has 0 bridgehead atoms. The minimum Gasteiger partial charge on any atom is -0.385 e. The van der Waals surface area contributed by atoms with Gasteiger partial charge in [-0.15, -0.1) is 0 Å². The SMILES string of the molecule is COCCCNC(=O)C(C)N1CC2CNCC2C1(C)C. The number of fused-ring (bicyclic) bond motifs is 1. The molecule has 0 radical (unpaired) electrons. The van der Waals surface area contributed by atoms with E-state index >= 15 is 0 Å². The van der Waals surface area contributed by atoms with Gasteiger partial charge in [-0.3, -0.25) is 9.69 Å². The van der Waals surface area contributed by atoms with E-state index in [1.807, 2.05) is 6.92 Å². The van der Waals surface area contributed by atoms with E-state index in [0.717, 1.165) is 26.1 Å². The number of likely N-dealkylation sites (tertiary alicyclic amines) is 1. The van der Waals surface area contributed by atoms with Crippen molar-refractivity contribution in [3.05, 3.63) is 0 Å². The fourth-order valence-corrected chi connectivity index (χ4v) is 3.83. The number of nitrogens with zero attached hydrogens (tertiary/aromatic N) is 1. The van der Waals surface area contributed by atoms with Crippen molar-refractivity contribution in [3.63, 3.8) is 0 Å². The number of amides is 1. The normalized spacial score (nSPS) is 30.2. The van der Waals surface area contributed by atoms with Crippen molar-refractivity contribution in [3.8, 4) is 0 Å². The molecule has 0 aliphatic carbocycles. The molecule has 5 nitrogen and oxygen atoms in total. The summed E-state index contributed by atoms with van der Waals surface area (Å²) in [5.74, 6) is 1.49. The Morgan fingerprint density at radius 1 is 1.50 bits per heavy atom. The lowest BCUT2D eigenvalue weighted by atomic mass is 9.84. The summed E-state index contributed by atoms with van der Waals surface area (Å²) >= 11 is 0. The molecular formula is C15H29N3O2. The van der Waals surface area contributed by atoms with E-state index in [1.165, 1.54) is 0 Å². The lowest BCUT2D eigenvalue weighted by Gasteiger charge is -2.39. The summed E-state index contributed by atoms with van der Waals surface area (Å²) in [7, 11) is 1.68. The van der Waals surface area contributed by atoms with Crippen molar-refractivity contribution in [1.82, 2.24) is 15.5 Å². The largest absolute Gasteiger partial charge is 0.385 e. The van der Waals surface area contributed by atoms with Gasteiger partial charge in [0, 0.05) is 38.9 Å². The highest BCUT2D eigenvalue weighted by molar-refractivity contribution is 5.81. The Labute approximate surface area is 122 Å². The predicted molar refractivity (Wildman–Crippen MR) is 79.6 cm³/mol. The lowest BCUT2D eigenvalue weighted by molar-refractivity contribution is -0.127. The first-order valence-electron chi connectivity index (χ1n) is 7.72.